The van der Waals surface area contributed by atoms with Gasteiger partial charge < -0.3 is 5.73 Å². The maximum absolute atomic E-state index is 12.3. The van der Waals surface area contributed by atoms with E-state index in [1.165, 1.54) is 11.3 Å². The minimum atomic E-state index is 0.00178. The Morgan fingerprint density at radius 3 is 2.53 bits per heavy atom. The molecule has 0 saturated carbocycles. The third-order valence-electron chi connectivity index (χ3n) is 2.43. The molecule has 0 unspecified atom stereocenters. The van der Waals surface area contributed by atoms with Crippen molar-refractivity contribution in [2.75, 3.05) is 5.73 Å². The van der Waals surface area contributed by atoms with Crippen molar-refractivity contribution in [2.45, 2.75) is 6.92 Å². The van der Waals surface area contributed by atoms with E-state index in [2.05, 4.69) is 31.9 Å². The zero-order chi connectivity index (χ0) is 12.6. The van der Waals surface area contributed by atoms with Gasteiger partial charge in [0, 0.05) is 16.8 Å². The van der Waals surface area contributed by atoms with Crippen molar-refractivity contribution in [1.29, 1.82) is 0 Å². The second kappa shape index (κ2) is 4.92. The molecule has 0 amide bonds. The molecule has 1 heterocycles. The van der Waals surface area contributed by atoms with Gasteiger partial charge in [-0.2, -0.15) is 0 Å². The number of benzene rings is 1. The Kier molecular flexibility index (Phi) is 3.70. The van der Waals surface area contributed by atoms with Gasteiger partial charge in [0.05, 0.1) is 7.57 Å². The molecule has 1 aromatic heterocycles. The van der Waals surface area contributed by atoms with Crippen molar-refractivity contribution < 1.29 is 4.79 Å². The number of anilines is 1. The van der Waals surface area contributed by atoms with Crippen molar-refractivity contribution in [3.8, 4) is 0 Å². The SMILES string of the molecule is Cc1cc(C(=O)c2cc(Br)sc2Br)ccc1N. The number of carbonyl (C=O) groups is 1. The van der Waals surface area contributed by atoms with Gasteiger partial charge in [-0.05, 0) is 68.6 Å². The lowest BCUT2D eigenvalue weighted by Crippen LogP contribution is -2.02. The van der Waals surface area contributed by atoms with Crippen LogP contribution >= 0.6 is 43.2 Å². The second-order valence-electron chi connectivity index (χ2n) is 3.64. The van der Waals surface area contributed by atoms with Crippen LogP contribution in [0, 0.1) is 6.92 Å². The van der Waals surface area contributed by atoms with Gasteiger partial charge in [0.25, 0.3) is 0 Å². The fourth-order valence-electron chi connectivity index (χ4n) is 1.47. The molecule has 0 atom stereocenters. The molecule has 0 fully saturated rings. The Morgan fingerprint density at radius 2 is 2.00 bits per heavy atom. The predicted octanol–water partition coefficient (Wildman–Crippen LogP) is 4.39. The molecule has 0 aliphatic heterocycles. The maximum Gasteiger partial charge on any atom is 0.195 e. The van der Waals surface area contributed by atoms with E-state index in [1.807, 2.05) is 19.1 Å². The lowest BCUT2D eigenvalue weighted by molar-refractivity contribution is 0.103. The van der Waals surface area contributed by atoms with E-state index in [1.54, 1.807) is 12.1 Å². The average molecular weight is 375 g/mol. The first-order valence-electron chi connectivity index (χ1n) is 4.84. The highest BCUT2D eigenvalue weighted by molar-refractivity contribution is 9.12. The van der Waals surface area contributed by atoms with E-state index in [4.69, 9.17) is 5.73 Å². The first-order valence-corrected chi connectivity index (χ1v) is 7.25. The summed E-state index contributed by atoms with van der Waals surface area (Å²) in [7, 11) is 0. The zero-order valence-electron chi connectivity index (χ0n) is 8.96. The van der Waals surface area contributed by atoms with Gasteiger partial charge in [-0.1, -0.05) is 0 Å². The molecule has 2 N–H and O–H groups in total. The van der Waals surface area contributed by atoms with E-state index < -0.39 is 0 Å². The highest BCUT2D eigenvalue weighted by Crippen LogP contribution is 2.33. The van der Waals surface area contributed by atoms with E-state index in [0.29, 0.717) is 16.8 Å². The number of thiophene rings is 1. The van der Waals surface area contributed by atoms with Crippen molar-refractivity contribution in [3.05, 3.63) is 48.5 Å². The minimum absolute atomic E-state index is 0.00178. The summed E-state index contributed by atoms with van der Waals surface area (Å²) in [5, 5.41) is 0. The number of halogens is 2. The normalized spacial score (nSPS) is 10.5. The number of carbonyl (C=O) groups excluding carboxylic acids is 1. The standard InChI is InChI=1S/C12H9Br2NOS/c1-6-4-7(2-3-9(6)15)11(16)8-5-10(13)17-12(8)14/h2-5H,15H2,1H3. The largest absolute Gasteiger partial charge is 0.399 e. The van der Waals surface area contributed by atoms with Crippen molar-refractivity contribution in [1.82, 2.24) is 0 Å². The molecule has 0 bridgehead atoms. The molecule has 2 rings (SSSR count). The van der Waals surface area contributed by atoms with Crippen LogP contribution in [0.3, 0.4) is 0 Å². The van der Waals surface area contributed by atoms with Crippen LogP contribution in [-0.2, 0) is 0 Å². The zero-order valence-corrected chi connectivity index (χ0v) is 12.9. The van der Waals surface area contributed by atoms with Gasteiger partial charge >= 0.3 is 0 Å². The Labute approximate surface area is 120 Å². The number of nitrogens with two attached hydrogens (primary N) is 1. The molecule has 2 aromatic rings. The van der Waals surface area contributed by atoms with Crippen LogP contribution in [0.5, 0.6) is 0 Å². The van der Waals surface area contributed by atoms with Gasteiger partial charge in [-0.15, -0.1) is 11.3 Å². The third-order valence-corrected chi connectivity index (χ3v) is 4.77. The first kappa shape index (κ1) is 12.8. The quantitative estimate of drug-likeness (QED) is 0.625. The fraction of sp³-hybridized carbons (Fsp3) is 0.0833. The molecular formula is C12H9Br2NOS. The number of aryl methyl sites for hydroxylation is 1. The average Bonchev–Trinajstić information content (AvgIpc) is 2.61. The van der Waals surface area contributed by atoms with Crippen LogP contribution in [0.2, 0.25) is 0 Å². The summed E-state index contributed by atoms with van der Waals surface area (Å²) in [6.45, 7) is 1.89. The fourth-order valence-corrected chi connectivity index (χ4v) is 4.26. The molecule has 0 spiro atoms. The summed E-state index contributed by atoms with van der Waals surface area (Å²) >= 11 is 8.24. The Balaban J connectivity index is 2.44. The molecule has 0 saturated heterocycles. The Hall–Kier alpha value is -0.650. The van der Waals surface area contributed by atoms with E-state index >= 15 is 0 Å². The molecule has 5 heteroatoms. The lowest BCUT2D eigenvalue weighted by Gasteiger charge is -2.03. The van der Waals surface area contributed by atoms with Gasteiger partial charge in [0.1, 0.15) is 0 Å². The number of nitrogen functional groups attached to an aromatic ring is 1. The van der Waals surface area contributed by atoms with Gasteiger partial charge in [-0.25, -0.2) is 0 Å². The van der Waals surface area contributed by atoms with E-state index in [0.717, 1.165) is 13.1 Å². The highest BCUT2D eigenvalue weighted by atomic mass is 79.9. The monoisotopic (exact) mass is 373 g/mol. The van der Waals surface area contributed by atoms with Gasteiger partial charge in [0.15, 0.2) is 5.78 Å². The van der Waals surface area contributed by atoms with Gasteiger partial charge in [0.2, 0.25) is 0 Å². The number of rotatable bonds is 2. The topological polar surface area (TPSA) is 43.1 Å². The molecule has 1 aromatic carbocycles. The third kappa shape index (κ3) is 2.61. The van der Waals surface area contributed by atoms with Crippen molar-refractivity contribution in [3.63, 3.8) is 0 Å². The van der Waals surface area contributed by atoms with Crippen LogP contribution < -0.4 is 5.73 Å². The minimum Gasteiger partial charge on any atom is -0.399 e. The Bertz CT molecular complexity index is 592. The van der Waals surface area contributed by atoms with Crippen LogP contribution in [0.15, 0.2) is 31.8 Å². The van der Waals surface area contributed by atoms with E-state index in [-0.39, 0.29) is 5.78 Å². The molecule has 17 heavy (non-hydrogen) atoms. The van der Waals surface area contributed by atoms with Crippen molar-refractivity contribution >= 4 is 54.7 Å². The summed E-state index contributed by atoms with van der Waals surface area (Å²) in [5.74, 6) is 0.00178. The first-order chi connectivity index (χ1) is 7.99. The van der Waals surface area contributed by atoms with Crippen LogP contribution in [0.25, 0.3) is 0 Å². The molecule has 88 valence electrons. The van der Waals surface area contributed by atoms with Crippen molar-refractivity contribution in [2.24, 2.45) is 0 Å². The molecule has 0 aliphatic carbocycles. The number of hydrogen-bond acceptors (Lipinski definition) is 3. The predicted molar refractivity (Wildman–Crippen MR) is 78.7 cm³/mol. The number of ketones is 1. The van der Waals surface area contributed by atoms with Crippen LogP contribution in [0.1, 0.15) is 21.5 Å². The lowest BCUT2D eigenvalue weighted by atomic mass is 10.0. The summed E-state index contributed by atoms with van der Waals surface area (Å²) in [4.78, 5) is 12.3. The molecule has 0 aliphatic rings. The van der Waals surface area contributed by atoms with E-state index in [9.17, 15) is 4.79 Å². The summed E-state index contributed by atoms with van der Waals surface area (Å²) in [6.07, 6.45) is 0. The Morgan fingerprint density at radius 1 is 1.29 bits per heavy atom. The van der Waals surface area contributed by atoms with Gasteiger partial charge in [-0.3, -0.25) is 4.79 Å². The summed E-state index contributed by atoms with van der Waals surface area (Å²) in [5.41, 5.74) is 8.68. The summed E-state index contributed by atoms with van der Waals surface area (Å²) < 4.78 is 1.77. The smallest absolute Gasteiger partial charge is 0.195 e. The molecular weight excluding hydrogens is 366 g/mol. The van der Waals surface area contributed by atoms with Crippen LogP contribution in [-0.4, -0.2) is 5.78 Å². The highest BCUT2D eigenvalue weighted by Gasteiger charge is 2.16. The van der Waals surface area contributed by atoms with Crippen LogP contribution in [0.4, 0.5) is 5.69 Å². The second-order valence-corrected chi connectivity index (χ2v) is 7.39. The summed E-state index contributed by atoms with van der Waals surface area (Å²) in [6, 6.07) is 7.15. The molecule has 2 nitrogen and oxygen atoms in total. The molecule has 0 radical (unpaired) electrons. The maximum atomic E-state index is 12.3. The number of hydrogen-bond donors (Lipinski definition) is 1.